The van der Waals surface area contributed by atoms with Gasteiger partial charge in [-0.25, -0.2) is 13.2 Å². The first kappa shape index (κ1) is 26.2. The summed E-state index contributed by atoms with van der Waals surface area (Å²) in [5.74, 6) is -2.33. The number of hydrogen-bond donors (Lipinski definition) is 0. The molecule has 0 aliphatic rings. The molecule has 2 aromatic carbocycles. The van der Waals surface area contributed by atoms with Crippen LogP contribution in [0.4, 0.5) is 13.2 Å². The number of halogens is 3. The Balaban J connectivity index is 2.10. The molecule has 0 atom stereocenters. The first-order chi connectivity index (χ1) is 16.2. The van der Waals surface area contributed by atoms with Crippen LogP contribution in [0.2, 0.25) is 0 Å². The van der Waals surface area contributed by atoms with E-state index in [0.29, 0.717) is 23.3 Å². The highest BCUT2D eigenvalue weighted by Gasteiger charge is 2.13. The number of allylic oxidation sites excluding steroid dienone is 8. The van der Waals surface area contributed by atoms with E-state index in [2.05, 4.69) is 32.9 Å². The van der Waals surface area contributed by atoms with Crippen molar-refractivity contribution in [2.75, 3.05) is 6.61 Å². The zero-order valence-electron chi connectivity index (χ0n) is 19.2. The molecule has 0 saturated heterocycles. The summed E-state index contributed by atoms with van der Waals surface area (Å²) in [4.78, 5) is 0. The normalized spacial score (nSPS) is 11.6. The molecule has 0 amide bonds. The van der Waals surface area contributed by atoms with Gasteiger partial charge in [-0.15, -0.1) is 0 Å². The summed E-state index contributed by atoms with van der Waals surface area (Å²) >= 11 is 0. The predicted molar refractivity (Wildman–Crippen MR) is 137 cm³/mol. The highest BCUT2D eigenvalue weighted by Crippen LogP contribution is 2.28. The summed E-state index contributed by atoms with van der Waals surface area (Å²) in [5.41, 5.74) is 2.55. The monoisotopic (exact) mass is 460 g/mol. The second-order valence-electron chi connectivity index (χ2n) is 7.29. The van der Waals surface area contributed by atoms with Crippen molar-refractivity contribution >= 4 is 12.2 Å². The average molecular weight is 461 g/mol. The first-order valence-electron chi connectivity index (χ1n) is 10.5. The van der Waals surface area contributed by atoms with Gasteiger partial charge in [0, 0.05) is 22.8 Å². The van der Waals surface area contributed by atoms with E-state index in [0.717, 1.165) is 11.6 Å². The van der Waals surface area contributed by atoms with E-state index >= 15 is 0 Å². The van der Waals surface area contributed by atoms with Crippen LogP contribution in [0.25, 0.3) is 23.3 Å². The van der Waals surface area contributed by atoms with Gasteiger partial charge in [0.1, 0.15) is 11.6 Å². The predicted octanol–water partition coefficient (Wildman–Crippen LogP) is 8.92. The van der Waals surface area contributed by atoms with Crippen LogP contribution in [0.1, 0.15) is 18.1 Å². The molecule has 0 N–H and O–H groups in total. The Morgan fingerprint density at radius 1 is 0.912 bits per heavy atom. The molecule has 0 aliphatic heterocycles. The minimum absolute atomic E-state index is 0.0682. The molecule has 2 rings (SSSR count). The number of benzene rings is 2. The molecule has 0 radical (unpaired) electrons. The third-order valence-corrected chi connectivity index (χ3v) is 4.84. The molecular weight excluding hydrogens is 433 g/mol. The molecule has 174 valence electrons. The molecule has 4 heteroatoms. The fourth-order valence-corrected chi connectivity index (χ4v) is 2.88. The highest BCUT2D eigenvalue weighted by molar-refractivity contribution is 5.69. The van der Waals surface area contributed by atoms with Crippen molar-refractivity contribution in [1.29, 1.82) is 0 Å². The molecule has 0 bridgehead atoms. The van der Waals surface area contributed by atoms with Gasteiger partial charge in [-0.2, -0.15) is 0 Å². The minimum Gasteiger partial charge on any atom is -0.494 e. The lowest BCUT2D eigenvalue weighted by Gasteiger charge is -2.07. The van der Waals surface area contributed by atoms with Gasteiger partial charge in [0.2, 0.25) is 0 Å². The van der Waals surface area contributed by atoms with Crippen LogP contribution < -0.4 is 0 Å². The van der Waals surface area contributed by atoms with Crippen molar-refractivity contribution in [1.82, 2.24) is 0 Å². The second-order valence-corrected chi connectivity index (χ2v) is 7.29. The SMILES string of the molecule is C=Cc1ccc(-c2ccc(/C=C/C(=C)/C=C\C(=C)C(=C)/C(F)=C\C(=C)OCC)c(F)c2F)cc1. The summed E-state index contributed by atoms with van der Waals surface area (Å²) in [6, 6.07) is 10.0. The molecule has 34 heavy (non-hydrogen) atoms. The van der Waals surface area contributed by atoms with Crippen LogP contribution in [0.3, 0.4) is 0 Å². The zero-order chi connectivity index (χ0) is 25.3. The molecule has 0 spiro atoms. The number of hydrogen-bond acceptors (Lipinski definition) is 1. The van der Waals surface area contributed by atoms with Crippen LogP contribution in [0.15, 0.2) is 122 Å². The van der Waals surface area contributed by atoms with Crippen molar-refractivity contribution in [3.63, 3.8) is 0 Å². The molecule has 2 aromatic rings. The van der Waals surface area contributed by atoms with Crippen molar-refractivity contribution in [2.24, 2.45) is 0 Å². The second kappa shape index (κ2) is 12.3. The summed E-state index contributed by atoms with van der Waals surface area (Å²) in [7, 11) is 0. The van der Waals surface area contributed by atoms with E-state index < -0.39 is 17.5 Å². The fourth-order valence-electron chi connectivity index (χ4n) is 2.88. The fraction of sp³-hybridized carbons (Fsp3) is 0.0667. The Hall–Kier alpha value is -4.05. The molecule has 0 fully saturated rings. The summed E-state index contributed by atoms with van der Waals surface area (Å²) in [6.45, 7) is 20.7. The lowest BCUT2D eigenvalue weighted by Crippen LogP contribution is -1.93. The summed E-state index contributed by atoms with van der Waals surface area (Å²) in [6.07, 6.45) is 8.84. The van der Waals surface area contributed by atoms with Gasteiger partial charge >= 0.3 is 0 Å². The maximum absolute atomic E-state index is 14.7. The van der Waals surface area contributed by atoms with Crippen molar-refractivity contribution < 1.29 is 17.9 Å². The van der Waals surface area contributed by atoms with E-state index in [-0.39, 0.29) is 22.5 Å². The number of rotatable bonds is 11. The van der Waals surface area contributed by atoms with Crippen LogP contribution in [0, 0.1) is 11.6 Å². The lowest BCUT2D eigenvalue weighted by atomic mass is 10.0. The van der Waals surface area contributed by atoms with E-state index in [1.165, 1.54) is 30.4 Å². The Kier molecular flexibility index (Phi) is 9.45. The molecule has 0 aromatic heterocycles. The quantitative estimate of drug-likeness (QED) is 0.240. The van der Waals surface area contributed by atoms with Gasteiger partial charge in [-0.1, -0.05) is 99.7 Å². The molecule has 0 heterocycles. The molecule has 0 saturated carbocycles. The number of ether oxygens (including phenoxy) is 1. The molecular formula is C30H27F3O. The highest BCUT2D eigenvalue weighted by atomic mass is 19.2. The van der Waals surface area contributed by atoms with E-state index in [9.17, 15) is 13.2 Å². The third kappa shape index (κ3) is 6.97. The first-order valence-corrected chi connectivity index (χ1v) is 10.5. The smallest absolute Gasteiger partial charge is 0.167 e. The Bertz CT molecular complexity index is 1210. The molecule has 0 unspecified atom stereocenters. The largest absolute Gasteiger partial charge is 0.494 e. The van der Waals surface area contributed by atoms with E-state index in [4.69, 9.17) is 4.74 Å². The topological polar surface area (TPSA) is 9.23 Å². The van der Waals surface area contributed by atoms with Crippen molar-refractivity contribution in [3.05, 3.63) is 145 Å². The van der Waals surface area contributed by atoms with Gasteiger partial charge in [-0.3, -0.25) is 0 Å². The average Bonchev–Trinajstić information content (AvgIpc) is 2.83. The van der Waals surface area contributed by atoms with E-state index in [1.807, 2.05) is 0 Å². The van der Waals surface area contributed by atoms with Gasteiger partial charge in [-0.05, 0) is 29.2 Å². The summed E-state index contributed by atoms with van der Waals surface area (Å²) < 4.78 is 48.6. The van der Waals surface area contributed by atoms with Crippen LogP contribution in [0.5, 0.6) is 0 Å². The molecule has 0 aliphatic carbocycles. The molecule has 1 nitrogen and oxygen atoms in total. The minimum atomic E-state index is -0.960. The summed E-state index contributed by atoms with van der Waals surface area (Å²) in [5, 5.41) is 0. The van der Waals surface area contributed by atoms with Gasteiger partial charge in [0.05, 0.1) is 6.61 Å². The Morgan fingerprint density at radius 3 is 2.21 bits per heavy atom. The van der Waals surface area contributed by atoms with Crippen LogP contribution in [-0.2, 0) is 4.74 Å². The standard InChI is InChI=1S/C30H27F3O/c1-7-24-12-15-25(16-13-24)27-18-17-26(29(32)30(27)33)14-10-20(3)9-11-21(4)23(6)28(31)19-22(5)34-8-2/h7,9-19H,1,3-6,8H2,2H3/b11-9-,14-10+,28-19+. The maximum Gasteiger partial charge on any atom is 0.167 e. The third-order valence-electron chi connectivity index (χ3n) is 4.84. The van der Waals surface area contributed by atoms with Crippen molar-refractivity contribution in [3.8, 4) is 11.1 Å². The van der Waals surface area contributed by atoms with Crippen LogP contribution >= 0.6 is 0 Å². The van der Waals surface area contributed by atoms with Crippen LogP contribution in [-0.4, -0.2) is 6.61 Å². The lowest BCUT2D eigenvalue weighted by molar-refractivity contribution is 0.243. The van der Waals surface area contributed by atoms with Gasteiger partial charge < -0.3 is 4.74 Å². The van der Waals surface area contributed by atoms with Crippen molar-refractivity contribution in [2.45, 2.75) is 6.92 Å². The Labute approximate surface area is 199 Å². The van der Waals surface area contributed by atoms with Gasteiger partial charge in [0.25, 0.3) is 0 Å². The maximum atomic E-state index is 14.7. The Morgan fingerprint density at radius 2 is 1.59 bits per heavy atom. The zero-order valence-corrected chi connectivity index (χ0v) is 19.2. The van der Waals surface area contributed by atoms with Gasteiger partial charge in [0.15, 0.2) is 11.6 Å². The van der Waals surface area contributed by atoms with E-state index in [1.54, 1.807) is 43.3 Å².